The van der Waals surface area contributed by atoms with Crippen molar-refractivity contribution in [3.63, 3.8) is 0 Å². The SMILES string of the molecule is O=C(c1nn[nH][nH+]1)c1ccco1.[Cl-]. The van der Waals surface area contributed by atoms with Crippen molar-refractivity contribution in [1.82, 2.24) is 15.5 Å². The maximum atomic E-state index is 11.3. The van der Waals surface area contributed by atoms with Gasteiger partial charge in [-0.05, 0) is 12.1 Å². The number of nitrogens with one attached hydrogen (secondary N) is 2. The molecule has 2 N–H and O–H groups in total. The van der Waals surface area contributed by atoms with Crippen molar-refractivity contribution in [2.45, 2.75) is 0 Å². The lowest BCUT2D eigenvalue weighted by Crippen LogP contribution is -3.00. The smallest absolute Gasteiger partial charge is 0.373 e. The van der Waals surface area contributed by atoms with Gasteiger partial charge in [-0.15, -0.1) is 0 Å². The third-order valence-corrected chi connectivity index (χ3v) is 1.33. The zero-order chi connectivity index (χ0) is 8.39. The molecule has 0 aliphatic carbocycles. The molecule has 0 amide bonds. The topological polar surface area (TPSA) is 85.9 Å². The van der Waals surface area contributed by atoms with Crippen molar-refractivity contribution in [2.24, 2.45) is 0 Å². The lowest BCUT2D eigenvalue weighted by Gasteiger charge is -1.82. The Labute approximate surface area is 78.7 Å². The van der Waals surface area contributed by atoms with Crippen LogP contribution in [0.4, 0.5) is 0 Å². The van der Waals surface area contributed by atoms with Crippen LogP contribution in [-0.2, 0) is 0 Å². The largest absolute Gasteiger partial charge is 1.00 e. The van der Waals surface area contributed by atoms with Crippen LogP contribution in [0.3, 0.4) is 0 Å². The molecule has 0 aromatic carbocycles. The molecule has 0 aliphatic rings. The molecule has 68 valence electrons. The monoisotopic (exact) mass is 200 g/mol. The van der Waals surface area contributed by atoms with Crippen molar-refractivity contribution in [2.75, 3.05) is 0 Å². The molecular formula is C6H5ClN4O2. The highest BCUT2D eigenvalue weighted by Gasteiger charge is 2.21. The van der Waals surface area contributed by atoms with E-state index in [0.29, 0.717) is 0 Å². The van der Waals surface area contributed by atoms with Crippen LogP contribution in [0.25, 0.3) is 0 Å². The summed E-state index contributed by atoms with van der Waals surface area (Å²) < 4.78 is 4.87. The van der Waals surface area contributed by atoms with E-state index < -0.39 is 0 Å². The summed E-state index contributed by atoms with van der Waals surface area (Å²) in [4.78, 5) is 11.3. The highest BCUT2D eigenvalue weighted by atomic mass is 35.5. The van der Waals surface area contributed by atoms with Gasteiger partial charge in [0.2, 0.25) is 0 Å². The number of aromatic nitrogens is 4. The van der Waals surface area contributed by atoms with Crippen molar-refractivity contribution >= 4 is 5.78 Å². The normalized spacial score (nSPS) is 9.23. The van der Waals surface area contributed by atoms with Crippen LogP contribution in [0, 0.1) is 0 Å². The number of furan rings is 1. The van der Waals surface area contributed by atoms with E-state index in [1.165, 1.54) is 6.26 Å². The summed E-state index contributed by atoms with van der Waals surface area (Å²) in [6.45, 7) is 0. The van der Waals surface area contributed by atoms with Gasteiger partial charge < -0.3 is 16.8 Å². The first kappa shape index (κ1) is 9.40. The van der Waals surface area contributed by atoms with Crippen LogP contribution >= 0.6 is 0 Å². The van der Waals surface area contributed by atoms with Crippen molar-refractivity contribution in [3.8, 4) is 0 Å². The van der Waals surface area contributed by atoms with Crippen LogP contribution < -0.4 is 17.5 Å². The van der Waals surface area contributed by atoms with E-state index >= 15 is 0 Å². The zero-order valence-corrected chi connectivity index (χ0v) is 7.08. The van der Waals surface area contributed by atoms with E-state index in [-0.39, 0.29) is 29.8 Å². The number of tetrazole rings is 1. The maximum absolute atomic E-state index is 11.3. The Balaban J connectivity index is 0.000000845. The summed E-state index contributed by atoms with van der Waals surface area (Å²) in [6, 6.07) is 3.19. The molecule has 0 radical (unpaired) electrons. The van der Waals surface area contributed by atoms with E-state index in [2.05, 4.69) is 20.6 Å². The maximum Gasteiger partial charge on any atom is 0.373 e. The summed E-state index contributed by atoms with van der Waals surface area (Å²) in [7, 11) is 0. The fourth-order valence-electron chi connectivity index (χ4n) is 0.805. The first-order chi connectivity index (χ1) is 5.88. The van der Waals surface area contributed by atoms with Crippen LogP contribution in [-0.4, -0.2) is 21.3 Å². The summed E-state index contributed by atoms with van der Waals surface area (Å²) >= 11 is 0. The molecule has 0 saturated heterocycles. The molecule has 0 saturated carbocycles. The molecule has 0 aliphatic heterocycles. The van der Waals surface area contributed by atoms with E-state index in [4.69, 9.17) is 4.42 Å². The highest BCUT2D eigenvalue weighted by Crippen LogP contribution is 2.03. The second-order valence-corrected chi connectivity index (χ2v) is 2.09. The number of halogens is 1. The summed E-state index contributed by atoms with van der Waals surface area (Å²) in [5.41, 5.74) is 0. The Morgan fingerprint density at radius 1 is 1.62 bits per heavy atom. The number of hydrogen-bond acceptors (Lipinski definition) is 4. The third kappa shape index (κ3) is 1.73. The van der Waals surface area contributed by atoms with Gasteiger partial charge in [-0.25, -0.2) is 0 Å². The van der Waals surface area contributed by atoms with Gasteiger partial charge in [0.15, 0.2) is 11.0 Å². The number of ketones is 1. The highest BCUT2D eigenvalue weighted by molar-refractivity contribution is 6.03. The molecular weight excluding hydrogens is 196 g/mol. The minimum absolute atomic E-state index is 0. The van der Waals surface area contributed by atoms with E-state index in [1.807, 2.05) is 0 Å². The number of rotatable bonds is 2. The van der Waals surface area contributed by atoms with E-state index in [9.17, 15) is 4.79 Å². The Morgan fingerprint density at radius 2 is 2.46 bits per heavy atom. The molecule has 2 aromatic heterocycles. The average molecular weight is 201 g/mol. The standard InChI is InChI=1S/C6H4N4O2.ClH/c11-5(4-2-1-3-12-4)6-7-9-10-8-6;/h1-3H,(H,7,8,9,10);1H. The van der Waals surface area contributed by atoms with E-state index in [1.54, 1.807) is 12.1 Å². The predicted molar refractivity (Wildman–Crippen MR) is 35.1 cm³/mol. The van der Waals surface area contributed by atoms with Gasteiger partial charge in [-0.2, -0.15) is 5.10 Å². The van der Waals surface area contributed by atoms with Crippen molar-refractivity contribution in [1.29, 1.82) is 0 Å². The average Bonchev–Trinajstić information content (AvgIpc) is 2.77. The zero-order valence-electron chi connectivity index (χ0n) is 6.32. The van der Waals surface area contributed by atoms with Gasteiger partial charge in [0.05, 0.1) is 6.26 Å². The quantitative estimate of drug-likeness (QED) is 0.509. The minimum atomic E-state index is -0.325. The molecule has 6 nitrogen and oxygen atoms in total. The molecule has 2 rings (SSSR count). The lowest BCUT2D eigenvalue weighted by molar-refractivity contribution is -0.458. The Morgan fingerprint density at radius 3 is 3.00 bits per heavy atom. The number of carbonyl (C=O) groups is 1. The summed E-state index contributed by atoms with van der Waals surface area (Å²) in [6.07, 6.45) is 1.42. The van der Waals surface area contributed by atoms with Crippen LogP contribution in [0.2, 0.25) is 0 Å². The van der Waals surface area contributed by atoms with Crippen LogP contribution in [0.5, 0.6) is 0 Å². The second kappa shape index (κ2) is 3.81. The first-order valence-corrected chi connectivity index (χ1v) is 3.25. The number of hydrogen-bond donors (Lipinski definition) is 1. The first-order valence-electron chi connectivity index (χ1n) is 3.25. The van der Waals surface area contributed by atoms with Gasteiger partial charge in [-0.1, -0.05) is 5.21 Å². The molecule has 2 heterocycles. The fourth-order valence-corrected chi connectivity index (χ4v) is 0.805. The Hall–Kier alpha value is -1.69. The van der Waals surface area contributed by atoms with Gasteiger partial charge in [-0.3, -0.25) is 4.79 Å². The van der Waals surface area contributed by atoms with Crippen LogP contribution in [0.1, 0.15) is 16.4 Å². The molecule has 0 spiro atoms. The summed E-state index contributed by atoms with van der Waals surface area (Å²) in [5, 5.41) is 11.7. The predicted octanol–water partition coefficient (Wildman–Crippen LogP) is -3.55. The van der Waals surface area contributed by atoms with Gasteiger partial charge >= 0.3 is 11.6 Å². The van der Waals surface area contributed by atoms with E-state index in [0.717, 1.165) is 0 Å². The molecule has 0 unspecified atom stereocenters. The Kier molecular flexibility index (Phi) is 2.76. The number of aromatic amines is 2. The fraction of sp³-hybridized carbons (Fsp3) is 0. The van der Waals surface area contributed by atoms with Crippen molar-refractivity contribution < 1.29 is 26.7 Å². The second-order valence-electron chi connectivity index (χ2n) is 2.09. The summed E-state index contributed by atoms with van der Waals surface area (Å²) in [5.74, 6) is 0.0406. The minimum Gasteiger partial charge on any atom is -1.00 e. The molecule has 13 heavy (non-hydrogen) atoms. The molecule has 0 bridgehead atoms. The number of carbonyl (C=O) groups excluding carboxylic acids is 1. The lowest BCUT2D eigenvalue weighted by atomic mass is 10.3. The number of nitrogens with zero attached hydrogens (tertiary/aromatic N) is 2. The van der Waals surface area contributed by atoms with Gasteiger partial charge in [0, 0.05) is 0 Å². The molecule has 7 heteroatoms. The number of H-pyrrole nitrogens is 2. The third-order valence-electron chi connectivity index (χ3n) is 1.33. The molecule has 0 fully saturated rings. The van der Waals surface area contributed by atoms with Crippen LogP contribution in [0.15, 0.2) is 22.8 Å². The molecule has 2 aromatic rings. The van der Waals surface area contributed by atoms with Crippen molar-refractivity contribution in [3.05, 3.63) is 30.0 Å². The van der Waals surface area contributed by atoms with Gasteiger partial charge in [0.25, 0.3) is 0 Å². The Bertz CT molecular complexity index is 333. The molecule has 0 atom stereocenters. The van der Waals surface area contributed by atoms with Gasteiger partial charge in [0.1, 0.15) is 5.10 Å².